The minimum Gasteiger partial charge on any atom is -0.490 e. The average Bonchev–Trinajstić information content (AvgIpc) is 3.02. The van der Waals surface area contributed by atoms with Gasteiger partial charge in [-0.25, -0.2) is 4.39 Å². The minimum atomic E-state index is -0.299. The maximum absolute atomic E-state index is 13.0. The van der Waals surface area contributed by atoms with Crippen molar-refractivity contribution in [2.45, 2.75) is 10.8 Å². The number of ether oxygens (including phenoxy) is 2. The number of anilines is 2. The van der Waals surface area contributed by atoms with Crippen LogP contribution in [0.5, 0.6) is 11.5 Å². The first kappa shape index (κ1) is 18.7. The van der Waals surface area contributed by atoms with E-state index >= 15 is 0 Å². The van der Waals surface area contributed by atoms with Gasteiger partial charge in [-0.05, 0) is 42.5 Å². The summed E-state index contributed by atoms with van der Waals surface area (Å²) in [4.78, 5) is 12.5. The number of hydrogen-bond donors (Lipinski definition) is 1. The molecule has 4 rings (SSSR count). The van der Waals surface area contributed by atoms with Crippen LogP contribution in [0.2, 0.25) is 0 Å². The van der Waals surface area contributed by atoms with Crippen LogP contribution in [0.4, 0.5) is 15.2 Å². The highest BCUT2D eigenvalue weighted by atomic mass is 32.2. The standard InChI is InChI=1S/C19H16FN3O3S2/c20-13-3-5-14(6-4-13)21-18-22-23-19(28-18)27-11-15(24)12-2-7-16-17(10-12)26-9-1-8-25-16/h2-7,10H,1,8-9,11H2,(H,21,22). The maximum atomic E-state index is 13.0. The van der Waals surface area contributed by atoms with E-state index in [2.05, 4.69) is 15.5 Å². The molecular formula is C19H16FN3O3S2. The lowest BCUT2D eigenvalue weighted by molar-refractivity contribution is 0.102. The number of carbonyl (C=O) groups excluding carboxylic acids is 1. The van der Waals surface area contributed by atoms with E-state index in [0.29, 0.717) is 39.7 Å². The quantitative estimate of drug-likeness (QED) is 0.466. The van der Waals surface area contributed by atoms with Crippen molar-refractivity contribution in [3.8, 4) is 11.5 Å². The van der Waals surface area contributed by atoms with Crippen LogP contribution in [-0.4, -0.2) is 34.9 Å². The summed E-state index contributed by atoms with van der Waals surface area (Å²) in [6.45, 7) is 1.19. The maximum Gasteiger partial charge on any atom is 0.210 e. The third-order valence-electron chi connectivity index (χ3n) is 3.90. The number of benzene rings is 2. The van der Waals surface area contributed by atoms with E-state index in [1.807, 2.05) is 0 Å². The molecule has 0 radical (unpaired) electrons. The monoisotopic (exact) mass is 417 g/mol. The van der Waals surface area contributed by atoms with Gasteiger partial charge in [-0.1, -0.05) is 23.1 Å². The Hall–Kier alpha value is -2.65. The van der Waals surface area contributed by atoms with E-state index in [1.165, 1.54) is 35.2 Å². The zero-order valence-corrected chi connectivity index (χ0v) is 16.3. The average molecular weight is 417 g/mol. The normalized spacial score (nSPS) is 13.0. The van der Waals surface area contributed by atoms with Crippen LogP contribution in [-0.2, 0) is 0 Å². The van der Waals surface area contributed by atoms with Gasteiger partial charge in [0.15, 0.2) is 21.6 Å². The summed E-state index contributed by atoms with van der Waals surface area (Å²) in [5, 5.41) is 11.8. The van der Waals surface area contributed by atoms with Crippen molar-refractivity contribution in [1.82, 2.24) is 10.2 Å². The van der Waals surface area contributed by atoms with Gasteiger partial charge in [0.1, 0.15) is 5.82 Å². The van der Waals surface area contributed by atoms with E-state index in [0.717, 1.165) is 12.1 Å². The molecule has 1 aliphatic heterocycles. The van der Waals surface area contributed by atoms with Gasteiger partial charge in [0.25, 0.3) is 0 Å². The molecule has 2 heterocycles. The van der Waals surface area contributed by atoms with Crippen molar-refractivity contribution in [3.63, 3.8) is 0 Å². The van der Waals surface area contributed by atoms with Crippen molar-refractivity contribution >= 4 is 39.7 Å². The molecule has 1 aromatic heterocycles. The Morgan fingerprint density at radius 2 is 1.89 bits per heavy atom. The number of thioether (sulfide) groups is 1. The molecule has 2 aromatic carbocycles. The van der Waals surface area contributed by atoms with Crippen molar-refractivity contribution < 1.29 is 18.7 Å². The molecule has 0 atom stereocenters. The van der Waals surface area contributed by atoms with Crippen LogP contribution in [0.3, 0.4) is 0 Å². The third-order valence-corrected chi connectivity index (χ3v) is 5.87. The zero-order chi connectivity index (χ0) is 19.3. The molecule has 28 heavy (non-hydrogen) atoms. The molecule has 0 bridgehead atoms. The predicted molar refractivity (Wildman–Crippen MR) is 107 cm³/mol. The molecule has 0 saturated heterocycles. The highest BCUT2D eigenvalue weighted by Crippen LogP contribution is 2.32. The first-order valence-electron chi connectivity index (χ1n) is 8.59. The van der Waals surface area contributed by atoms with Gasteiger partial charge in [0.05, 0.1) is 19.0 Å². The van der Waals surface area contributed by atoms with Crippen LogP contribution < -0.4 is 14.8 Å². The molecule has 0 aliphatic carbocycles. The van der Waals surface area contributed by atoms with Crippen molar-refractivity contribution in [2.75, 3.05) is 24.3 Å². The molecule has 1 N–H and O–H groups in total. The number of nitrogens with one attached hydrogen (secondary N) is 1. The summed E-state index contributed by atoms with van der Waals surface area (Å²) in [6, 6.07) is 11.2. The Kier molecular flexibility index (Phi) is 5.73. The summed E-state index contributed by atoms with van der Waals surface area (Å²) >= 11 is 2.66. The first-order chi connectivity index (χ1) is 13.7. The second-order valence-corrected chi connectivity index (χ2v) is 8.13. The number of aromatic nitrogens is 2. The van der Waals surface area contributed by atoms with Gasteiger partial charge in [-0.3, -0.25) is 4.79 Å². The highest BCUT2D eigenvalue weighted by molar-refractivity contribution is 8.01. The number of hydrogen-bond acceptors (Lipinski definition) is 8. The lowest BCUT2D eigenvalue weighted by Gasteiger charge is -2.08. The van der Waals surface area contributed by atoms with Gasteiger partial charge >= 0.3 is 0 Å². The molecule has 9 heteroatoms. The predicted octanol–water partition coefficient (Wildman–Crippen LogP) is 4.56. The lowest BCUT2D eigenvalue weighted by Crippen LogP contribution is -2.03. The molecular weight excluding hydrogens is 401 g/mol. The van der Waals surface area contributed by atoms with E-state index < -0.39 is 0 Å². The molecule has 3 aromatic rings. The Morgan fingerprint density at radius 1 is 1.11 bits per heavy atom. The SMILES string of the molecule is O=C(CSc1nnc(Nc2ccc(F)cc2)s1)c1ccc2c(c1)OCCCO2. The Labute approximate surface area is 169 Å². The second kappa shape index (κ2) is 8.57. The molecule has 1 aliphatic rings. The fourth-order valence-electron chi connectivity index (χ4n) is 2.52. The number of ketones is 1. The molecule has 6 nitrogen and oxygen atoms in total. The molecule has 0 fully saturated rings. The number of Topliss-reactive ketones (excluding diaryl/α,β-unsaturated/α-hetero) is 1. The molecule has 144 valence electrons. The van der Waals surface area contributed by atoms with Gasteiger partial charge < -0.3 is 14.8 Å². The molecule has 0 amide bonds. The fraction of sp³-hybridized carbons (Fsp3) is 0.211. The number of rotatable bonds is 6. The van der Waals surface area contributed by atoms with Gasteiger partial charge in [-0.15, -0.1) is 10.2 Å². The smallest absolute Gasteiger partial charge is 0.210 e. The van der Waals surface area contributed by atoms with Crippen LogP contribution in [0.25, 0.3) is 0 Å². The number of carbonyl (C=O) groups is 1. The fourth-order valence-corrected chi connectivity index (χ4v) is 4.19. The third kappa shape index (κ3) is 4.60. The summed E-state index contributed by atoms with van der Waals surface area (Å²) in [5.74, 6) is 1.19. The van der Waals surface area contributed by atoms with Crippen LogP contribution in [0.1, 0.15) is 16.8 Å². The van der Waals surface area contributed by atoms with E-state index in [4.69, 9.17) is 9.47 Å². The van der Waals surface area contributed by atoms with E-state index in [9.17, 15) is 9.18 Å². The van der Waals surface area contributed by atoms with E-state index in [-0.39, 0.29) is 17.4 Å². The van der Waals surface area contributed by atoms with Crippen molar-refractivity contribution in [1.29, 1.82) is 0 Å². The number of fused-ring (bicyclic) bond motifs is 1. The van der Waals surface area contributed by atoms with Crippen LogP contribution in [0.15, 0.2) is 46.8 Å². The Balaban J connectivity index is 1.35. The summed E-state index contributed by atoms with van der Waals surface area (Å²) in [5.41, 5.74) is 1.29. The Morgan fingerprint density at radius 3 is 2.71 bits per heavy atom. The summed E-state index contributed by atoms with van der Waals surface area (Å²) in [6.07, 6.45) is 0.819. The van der Waals surface area contributed by atoms with Gasteiger partial charge in [0, 0.05) is 17.7 Å². The molecule has 0 saturated carbocycles. The Bertz CT molecular complexity index is 979. The van der Waals surface area contributed by atoms with Crippen LogP contribution in [0, 0.1) is 5.82 Å². The lowest BCUT2D eigenvalue weighted by atomic mass is 10.1. The second-order valence-electron chi connectivity index (χ2n) is 5.93. The van der Waals surface area contributed by atoms with E-state index in [1.54, 1.807) is 30.3 Å². The van der Waals surface area contributed by atoms with Crippen molar-refractivity contribution in [2.24, 2.45) is 0 Å². The minimum absolute atomic E-state index is 0.0242. The molecule has 0 spiro atoms. The summed E-state index contributed by atoms with van der Waals surface area (Å²) < 4.78 is 24.8. The molecule has 0 unspecified atom stereocenters. The highest BCUT2D eigenvalue weighted by Gasteiger charge is 2.15. The number of nitrogens with zero attached hydrogens (tertiary/aromatic N) is 2. The first-order valence-corrected chi connectivity index (χ1v) is 10.4. The summed E-state index contributed by atoms with van der Waals surface area (Å²) in [7, 11) is 0. The van der Waals surface area contributed by atoms with Crippen LogP contribution >= 0.6 is 23.1 Å². The van der Waals surface area contributed by atoms with Gasteiger partial charge in [-0.2, -0.15) is 0 Å². The van der Waals surface area contributed by atoms with Gasteiger partial charge in [0.2, 0.25) is 5.13 Å². The zero-order valence-electron chi connectivity index (χ0n) is 14.7. The topological polar surface area (TPSA) is 73.3 Å². The number of halogens is 1. The largest absolute Gasteiger partial charge is 0.490 e. The van der Waals surface area contributed by atoms with Crippen molar-refractivity contribution in [3.05, 3.63) is 53.8 Å².